The molecule has 0 N–H and O–H groups in total. The minimum atomic E-state index is -4.27. The molecule has 1 aliphatic heterocycles. The Labute approximate surface area is 114 Å². The molecule has 0 bridgehead atoms. The Bertz CT molecular complexity index is 536. The molecular weight excluding hydrogens is 264 g/mol. The lowest BCUT2D eigenvalue weighted by molar-refractivity contribution is -0.482. The predicted octanol–water partition coefficient (Wildman–Crippen LogP) is 0.892. The molecule has 0 atom stereocenters. The van der Waals surface area contributed by atoms with Gasteiger partial charge in [-0.25, -0.2) is 8.42 Å². The van der Waals surface area contributed by atoms with E-state index >= 15 is 0 Å². The molecule has 0 aliphatic carbocycles. The van der Waals surface area contributed by atoms with Crippen LogP contribution in [0.25, 0.3) is 0 Å². The number of aryl methyl sites for hydroxylation is 1. The van der Waals surface area contributed by atoms with E-state index in [0.717, 1.165) is 12.1 Å². The summed E-state index contributed by atoms with van der Waals surface area (Å²) in [5.41, 5.74) is 0.928. The van der Waals surface area contributed by atoms with Crippen molar-refractivity contribution in [3.05, 3.63) is 29.8 Å². The summed E-state index contributed by atoms with van der Waals surface area (Å²) in [6, 6.07) is 5.78. The largest absolute Gasteiger partial charge is 0.744 e. The van der Waals surface area contributed by atoms with Crippen molar-refractivity contribution in [3.63, 3.8) is 0 Å². The SMILES string of the molecule is CCN1C=[N+](C)CC1.Cc1ccc(S(=O)(=O)[O-])cc1. The van der Waals surface area contributed by atoms with Crippen LogP contribution in [0.4, 0.5) is 0 Å². The fourth-order valence-corrected chi connectivity index (χ4v) is 2.09. The molecule has 1 aromatic carbocycles. The minimum absolute atomic E-state index is 0.178. The maximum atomic E-state index is 10.4. The van der Waals surface area contributed by atoms with E-state index < -0.39 is 10.1 Å². The first kappa shape index (κ1) is 15.7. The molecule has 5 nitrogen and oxygen atoms in total. The van der Waals surface area contributed by atoms with Crippen LogP contribution in [0.2, 0.25) is 0 Å². The number of rotatable bonds is 2. The molecule has 2 rings (SSSR count). The predicted molar refractivity (Wildman–Crippen MR) is 73.5 cm³/mol. The standard InChI is InChI=1S/C7H8O3S.C6H13N2/c1-6-2-4-7(5-3-6)11(8,9)10;1-3-8-5-4-7(2)6-8/h2-5H,1H3,(H,8,9,10);6H,3-5H2,1-2H3/q;+1/p-1. The van der Waals surface area contributed by atoms with Gasteiger partial charge in [0.2, 0.25) is 6.34 Å². The van der Waals surface area contributed by atoms with Gasteiger partial charge in [0.25, 0.3) is 0 Å². The van der Waals surface area contributed by atoms with E-state index in [4.69, 9.17) is 0 Å². The second-order valence-electron chi connectivity index (χ2n) is 4.49. The molecule has 0 aromatic heterocycles. The summed E-state index contributed by atoms with van der Waals surface area (Å²) in [6.07, 6.45) is 2.17. The summed E-state index contributed by atoms with van der Waals surface area (Å²) >= 11 is 0. The molecule has 0 saturated carbocycles. The lowest BCUT2D eigenvalue weighted by Gasteiger charge is -2.05. The zero-order valence-electron chi connectivity index (χ0n) is 11.5. The van der Waals surface area contributed by atoms with Gasteiger partial charge in [-0.15, -0.1) is 0 Å². The molecule has 0 unspecified atom stereocenters. The zero-order valence-corrected chi connectivity index (χ0v) is 12.4. The maximum absolute atomic E-state index is 10.4. The molecule has 1 aliphatic rings. The van der Waals surface area contributed by atoms with Crippen molar-refractivity contribution in [1.29, 1.82) is 0 Å². The monoisotopic (exact) mass is 284 g/mol. The fraction of sp³-hybridized carbons (Fsp3) is 0.462. The van der Waals surface area contributed by atoms with Crippen molar-refractivity contribution in [2.45, 2.75) is 18.7 Å². The van der Waals surface area contributed by atoms with Crippen molar-refractivity contribution >= 4 is 16.5 Å². The summed E-state index contributed by atoms with van der Waals surface area (Å²) in [4.78, 5) is 2.13. The second-order valence-corrected chi connectivity index (χ2v) is 5.87. The van der Waals surface area contributed by atoms with Gasteiger partial charge in [0.1, 0.15) is 23.2 Å². The van der Waals surface area contributed by atoms with Crippen LogP contribution in [-0.4, -0.2) is 55.5 Å². The van der Waals surface area contributed by atoms with Gasteiger partial charge in [0, 0.05) is 0 Å². The Morgan fingerprint density at radius 1 is 1.32 bits per heavy atom. The van der Waals surface area contributed by atoms with Crippen molar-refractivity contribution in [2.75, 3.05) is 26.7 Å². The molecule has 0 radical (unpaired) electrons. The van der Waals surface area contributed by atoms with E-state index in [1.807, 2.05) is 6.92 Å². The average Bonchev–Trinajstić information content (AvgIpc) is 2.75. The van der Waals surface area contributed by atoms with Crippen LogP contribution in [0.5, 0.6) is 0 Å². The van der Waals surface area contributed by atoms with Crippen molar-refractivity contribution in [1.82, 2.24) is 4.90 Å². The topological polar surface area (TPSA) is 63.5 Å². The molecular formula is C13H20N2O3S. The highest BCUT2D eigenvalue weighted by Crippen LogP contribution is 2.08. The highest BCUT2D eigenvalue weighted by atomic mass is 32.2. The highest BCUT2D eigenvalue weighted by Gasteiger charge is 2.12. The van der Waals surface area contributed by atoms with Crippen LogP contribution in [-0.2, 0) is 10.1 Å². The van der Waals surface area contributed by atoms with E-state index in [0.29, 0.717) is 0 Å². The van der Waals surface area contributed by atoms with Crippen LogP contribution < -0.4 is 0 Å². The summed E-state index contributed by atoms with van der Waals surface area (Å²) in [5, 5.41) is 0. The third kappa shape index (κ3) is 5.40. The second kappa shape index (κ2) is 6.68. The van der Waals surface area contributed by atoms with E-state index in [9.17, 15) is 13.0 Å². The van der Waals surface area contributed by atoms with Gasteiger partial charge in [0.05, 0.1) is 18.5 Å². The van der Waals surface area contributed by atoms with Crippen LogP contribution in [0.15, 0.2) is 29.2 Å². The zero-order chi connectivity index (χ0) is 14.5. The highest BCUT2D eigenvalue weighted by molar-refractivity contribution is 7.85. The summed E-state index contributed by atoms with van der Waals surface area (Å²) in [6.45, 7) is 7.53. The van der Waals surface area contributed by atoms with E-state index in [1.54, 1.807) is 12.1 Å². The Kier molecular flexibility index (Phi) is 5.50. The van der Waals surface area contributed by atoms with Crippen LogP contribution in [0, 0.1) is 6.92 Å². The molecule has 1 heterocycles. The minimum Gasteiger partial charge on any atom is -0.744 e. The van der Waals surface area contributed by atoms with Gasteiger partial charge in [-0.2, -0.15) is 0 Å². The van der Waals surface area contributed by atoms with E-state index in [2.05, 4.69) is 29.8 Å². The quantitative estimate of drug-likeness (QED) is 0.598. The Morgan fingerprint density at radius 2 is 1.89 bits per heavy atom. The summed E-state index contributed by atoms with van der Waals surface area (Å²) < 4.78 is 33.4. The Morgan fingerprint density at radius 3 is 2.21 bits per heavy atom. The Hall–Kier alpha value is -1.40. The van der Waals surface area contributed by atoms with Gasteiger partial charge < -0.3 is 4.55 Å². The lowest BCUT2D eigenvalue weighted by Crippen LogP contribution is -2.18. The molecule has 0 fully saturated rings. The van der Waals surface area contributed by atoms with Gasteiger partial charge in [-0.3, -0.25) is 9.48 Å². The average molecular weight is 284 g/mol. The van der Waals surface area contributed by atoms with Crippen molar-refractivity contribution < 1.29 is 17.5 Å². The smallest absolute Gasteiger partial charge is 0.234 e. The molecule has 19 heavy (non-hydrogen) atoms. The number of benzene rings is 1. The fourth-order valence-electron chi connectivity index (χ4n) is 1.63. The molecule has 6 heteroatoms. The molecule has 1 aromatic rings. The van der Waals surface area contributed by atoms with Gasteiger partial charge in [-0.1, -0.05) is 17.7 Å². The van der Waals surface area contributed by atoms with Gasteiger partial charge in [0.15, 0.2) is 0 Å². The molecule has 0 amide bonds. The number of hydrogen-bond acceptors (Lipinski definition) is 4. The molecule has 106 valence electrons. The number of likely N-dealkylation sites (N-methyl/N-ethyl adjacent to an activating group) is 2. The van der Waals surface area contributed by atoms with Crippen molar-refractivity contribution in [3.8, 4) is 0 Å². The van der Waals surface area contributed by atoms with Crippen LogP contribution in [0.3, 0.4) is 0 Å². The third-order valence-electron chi connectivity index (χ3n) is 2.82. The molecule has 0 spiro atoms. The number of hydrogen-bond donors (Lipinski definition) is 0. The number of nitrogens with zero attached hydrogens (tertiary/aromatic N) is 2. The first-order chi connectivity index (χ1) is 8.82. The summed E-state index contributed by atoms with van der Waals surface area (Å²) in [7, 11) is -2.16. The molecule has 0 saturated heterocycles. The first-order valence-electron chi connectivity index (χ1n) is 6.14. The first-order valence-corrected chi connectivity index (χ1v) is 7.55. The van der Waals surface area contributed by atoms with Crippen LogP contribution >= 0.6 is 0 Å². The lowest BCUT2D eigenvalue weighted by atomic mass is 10.2. The van der Waals surface area contributed by atoms with Crippen LogP contribution in [0.1, 0.15) is 12.5 Å². The van der Waals surface area contributed by atoms with Crippen molar-refractivity contribution in [2.24, 2.45) is 0 Å². The maximum Gasteiger partial charge on any atom is 0.234 e. The third-order valence-corrected chi connectivity index (χ3v) is 3.67. The normalized spacial score (nSPS) is 14.7. The van der Waals surface area contributed by atoms with E-state index in [1.165, 1.54) is 25.2 Å². The van der Waals surface area contributed by atoms with Gasteiger partial charge in [-0.05, 0) is 26.0 Å². The Balaban J connectivity index is 0.000000200. The summed E-state index contributed by atoms with van der Waals surface area (Å²) in [5.74, 6) is 0. The van der Waals surface area contributed by atoms with E-state index in [-0.39, 0.29) is 4.90 Å². The van der Waals surface area contributed by atoms with Gasteiger partial charge >= 0.3 is 0 Å².